The largest absolute Gasteiger partial charge is 0.460 e. The molecular weight excluding hydrogens is 511 g/mol. The van der Waals surface area contributed by atoms with Gasteiger partial charge in [-0.1, -0.05) is 48.7 Å². The maximum atomic E-state index is 12.9. The average Bonchev–Trinajstić information content (AvgIpc) is 2.69. The third-order valence-electron chi connectivity index (χ3n) is 4.71. The number of hydrogen-bond acceptors (Lipinski definition) is 8. The molecular formula is C21H35Cl3N4O6. The minimum Gasteiger partial charge on any atom is -0.460 e. The summed E-state index contributed by atoms with van der Waals surface area (Å²) >= 11 is 16.8. The number of nitrogens with zero attached hydrogens (tertiary/aromatic N) is 1. The molecule has 1 aliphatic rings. The highest BCUT2D eigenvalue weighted by Gasteiger charge is 2.34. The van der Waals surface area contributed by atoms with Crippen molar-refractivity contribution in [1.29, 1.82) is 0 Å². The van der Waals surface area contributed by atoms with Crippen molar-refractivity contribution < 1.29 is 28.7 Å². The van der Waals surface area contributed by atoms with Crippen LogP contribution < -0.4 is 16.0 Å². The maximum absolute atomic E-state index is 12.9. The van der Waals surface area contributed by atoms with Gasteiger partial charge in [0.05, 0.1) is 12.6 Å². The van der Waals surface area contributed by atoms with E-state index in [-0.39, 0.29) is 24.9 Å². The quantitative estimate of drug-likeness (QED) is 0.291. The lowest BCUT2D eigenvalue weighted by Gasteiger charge is -2.34. The molecule has 1 aliphatic heterocycles. The van der Waals surface area contributed by atoms with E-state index in [0.717, 1.165) is 0 Å². The van der Waals surface area contributed by atoms with Gasteiger partial charge in [-0.2, -0.15) is 0 Å². The lowest BCUT2D eigenvalue weighted by Crippen LogP contribution is -2.60. The van der Waals surface area contributed by atoms with E-state index < -0.39 is 52.0 Å². The van der Waals surface area contributed by atoms with Gasteiger partial charge in [0.15, 0.2) is 0 Å². The van der Waals surface area contributed by atoms with Crippen molar-refractivity contribution in [3.63, 3.8) is 0 Å². The first-order valence-electron chi connectivity index (χ1n) is 11.0. The van der Waals surface area contributed by atoms with Crippen molar-refractivity contribution in [2.24, 2.45) is 5.92 Å². The lowest BCUT2D eigenvalue weighted by atomic mass is 10.0. The molecule has 1 saturated heterocycles. The van der Waals surface area contributed by atoms with Crippen LogP contribution in [0, 0.1) is 5.92 Å². The molecule has 0 aromatic rings. The lowest BCUT2D eigenvalue weighted by molar-refractivity contribution is -0.154. The maximum Gasteiger partial charge on any atom is 0.325 e. The van der Waals surface area contributed by atoms with E-state index in [1.54, 1.807) is 27.7 Å². The number of esters is 2. The Labute approximate surface area is 215 Å². The Morgan fingerprint density at radius 1 is 1.12 bits per heavy atom. The Kier molecular flexibility index (Phi) is 11.8. The zero-order valence-corrected chi connectivity index (χ0v) is 22.6. The zero-order chi connectivity index (χ0) is 26.3. The molecule has 1 fully saturated rings. The number of amides is 2. The van der Waals surface area contributed by atoms with Crippen molar-refractivity contribution >= 4 is 58.6 Å². The van der Waals surface area contributed by atoms with Gasteiger partial charge in [-0.05, 0) is 33.6 Å². The fraction of sp³-hybridized carbons (Fsp3) is 0.810. The predicted molar refractivity (Wildman–Crippen MR) is 130 cm³/mol. The first-order chi connectivity index (χ1) is 15.5. The van der Waals surface area contributed by atoms with Crippen LogP contribution in [0.3, 0.4) is 0 Å². The van der Waals surface area contributed by atoms with Crippen molar-refractivity contribution in [2.45, 2.75) is 69.1 Å². The van der Waals surface area contributed by atoms with Gasteiger partial charge < -0.3 is 25.0 Å². The summed E-state index contributed by atoms with van der Waals surface area (Å²) < 4.78 is 8.50. The summed E-state index contributed by atoms with van der Waals surface area (Å²) in [7, 11) is 0. The van der Waals surface area contributed by atoms with Gasteiger partial charge in [-0.15, -0.1) is 0 Å². The number of halogens is 3. The van der Waals surface area contributed by atoms with Gasteiger partial charge in [0, 0.05) is 19.6 Å². The fourth-order valence-corrected chi connectivity index (χ4v) is 3.37. The molecule has 1 heterocycles. The second-order valence-corrected chi connectivity index (χ2v) is 11.9. The number of ether oxygens (including phenoxy) is 2. The van der Waals surface area contributed by atoms with E-state index in [9.17, 15) is 19.2 Å². The smallest absolute Gasteiger partial charge is 0.325 e. The molecule has 13 heteroatoms. The Bertz CT molecular complexity index is 739. The highest BCUT2D eigenvalue weighted by Crippen LogP contribution is 2.26. The molecule has 0 unspecified atom stereocenters. The number of carbonyl (C=O) groups is 4. The molecule has 0 saturated carbocycles. The van der Waals surface area contributed by atoms with E-state index in [0.29, 0.717) is 13.1 Å². The second-order valence-electron chi connectivity index (χ2n) is 9.43. The average molecular weight is 546 g/mol. The van der Waals surface area contributed by atoms with Gasteiger partial charge in [0.2, 0.25) is 15.6 Å². The Balaban J connectivity index is 2.65. The molecule has 0 bridgehead atoms. The van der Waals surface area contributed by atoms with Crippen LogP contribution in [0.5, 0.6) is 0 Å². The topological polar surface area (TPSA) is 126 Å². The fourth-order valence-electron chi connectivity index (χ4n) is 3.20. The number of piperazine rings is 1. The second kappa shape index (κ2) is 13.1. The van der Waals surface area contributed by atoms with Gasteiger partial charge in [-0.25, -0.2) is 0 Å². The molecule has 3 N–H and O–H groups in total. The molecule has 34 heavy (non-hydrogen) atoms. The number of hydrogen-bond donors (Lipinski definition) is 3. The molecule has 2 amide bonds. The molecule has 0 aliphatic carbocycles. The Morgan fingerprint density at radius 3 is 2.26 bits per heavy atom. The minimum atomic E-state index is -1.73. The van der Waals surface area contributed by atoms with Crippen molar-refractivity contribution in [3.8, 4) is 0 Å². The Morgan fingerprint density at radius 2 is 1.74 bits per heavy atom. The van der Waals surface area contributed by atoms with E-state index >= 15 is 0 Å². The Hall–Kier alpha value is -1.33. The third kappa shape index (κ3) is 11.4. The van der Waals surface area contributed by atoms with E-state index in [2.05, 4.69) is 16.0 Å². The van der Waals surface area contributed by atoms with Crippen molar-refractivity contribution in [1.82, 2.24) is 20.9 Å². The summed E-state index contributed by atoms with van der Waals surface area (Å²) in [5, 5.41) is 8.54. The van der Waals surface area contributed by atoms with E-state index in [1.165, 1.54) is 4.90 Å². The van der Waals surface area contributed by atoms with Gasteiger partial charge in [0.1, 0.15) is 24.3 Å². The zero-order valence-electron chi connectivity index (χ0n) is 20.4. The van der Waals surface area contributed by atoms with Crippen LogP contribution in [-0.4, -0.2) is 89.0 Å². The first kappa shape index (κ1) is 30.7. The summed E-state index contributed by atoms with van der Waals surface area (Å²) in [5.41, 5.74) is -0.635. The van der Waals surface area contributed by atoms with Crippen LogP contribution in [0.4, 0.5) is 0 Å². The molecule has 0 spiro atoms. The first-order valence-corrected chi connectivity index (χ1v) is 12.1. The van der Waals surface area contributed by atoms with Crippen LogP contribution in [0.2, 0.25) is 0 Å². The molecule has 196 valence electrons. The number of nitrogens with one attached hydrogen (secondary N) is 3. The molecule has 10 nitrogen and oxygen atoms in total. The number of alkyl halides is 3. The van der Waals surface area contributed by atoms with Crippen LogP contribution in [-0.2, 0) is 28.7 Å². The molecule has 1 rings (SSSR count). The highest BCUT2D eigenvalue weighted by atomic mass is 35.6. The normalized spacial score (nSPS) is 18.8. The van der Waals surface area contributed by atoms with Gasteiger partial charge in [0.25, 0.3) is 0 Å². The molecule has 0 aromatic heterocycles. The number of rotatable bonds is 9. The van der Waals surface area contributed by atoms with Gasteiger partial charge in [-0.3, -0.25) is 24.5 Å². The monoisotopic (exact) mass is 544 g/mol. The SMILES string of the molecule is CC(C)[C@H](NCC(=O)OC(C)(C)C)C(=O)N[C@@H](C)C(=O)N1CCN[C@H](C(=O)OCC(Cl)(Cl)Cl)C1. The summed E-state index contributed by atoms with van der Waals surface area (Å²) in [6.07, 6.45) is 0. The van der Waals surface area contributed by atoms with Crippen LogP contribution in [0.15, 0.2) is 0 Å². The highest BCUT2D eigenvalue weighted by molar-refractivity contribution is 6.67. The predicted octanol–water partition coefficient (Wildman–Crippen LogP) is 1.16. The molecule has 0 aromatic carbocycles. The molecule has 0 radical (unpaired) electrons. The van der Waals surface area contributed by atoms with Crippen LogP contribution in [0.25, 0.3) is 0 Å². The van der Waals surface area contributed by atoms with Crippen LogP contribution in [0.1, 0.15) is 41.5 Å². The number of carbonyl (C=O) groups excluding carboxylic acids is 4. The summed E-state index contributed by atoms with van der Waals surface area (Å²) in [4.78, 5) is 51.4. The van der Waals surface area contributed by atoms with E-state index in [4.69, 9.17) is 44.3 Å². The summed E-state index contributed by atoms with van der Waals surface area (Å²) in [6.45, 7) is 10.7. The standard InChI is InChI=1S/C21H35Cl3N4O6/c1-12(2)16(26-9-15(29)34-20(4,5)6)17(30)27-13(3)18(31)28-8-7-25-14(10-28)19(32)33-11-21(22,23)24/h12-14,16,25-26H,7-11H2,1-6H3,(H,27,30)/t13-,14-,16-/m0/s1. The van der Waals surface area contributed by atoms with E-state index in [1.807, 2.05) is 13.8 Å². The van der Waals surface area contributed by atoms with Crippen molar-refractivity contribution in [3.05, 3.63) is 0 Å². The van der Waals surface area contributed by atoms with Gasteiger partial charge >= 0.3 is 11.9 Å². The summed E-state index contributed by atoms with van der Waals surface area (Å²) in [5.74, 6) is -2.06. The summed E-state index contributed by atoms with van der Waals surface area (Å²) in [6, 6.07) is -2.35. The minimum absolute atomic E-state index is 0.0439. The third-order valence-corrected chi connectivity index (χ3v) is 5.04. The molecule has 3 atom stereocenters. The van der Waals surface area contributed by atoms with Crippen molar-refractivity contribution in [2.75, 3.05) is 32.8 Å². The van der Waals surface area contributed by atoms with Crippen LogP contribution >= 0.6 is 34.8 Å².